The first-order chi connectivity index (χ1) is 11.0. The summed E-state index contributed by atoms with van der Waals surface area (Å²) in [4.78, 5) is 20.2. The van der Waals surface area contributed by atoms with Crippen LogP contribution in [0, 0.1) is 18.6 Å². The smallest absolute Gasteiger partial charge is 0.258 e. The number of pyridine rings is 1. The Morgan fingerprint density at radius 3 is 2.87 bits per heavy atom. The molecule has 2 aromatic heterocycles. The van der Waals surface area contributed by atoms with Crippen molar-refractivity contribution in [1.29, 1.82) is 0 Å². The molecule has 1 aromatic carbocycles. The highest BCUT2D eigenvalue weighted by atomic mass is 32.2. The lowest BCUT2D eigenvalue weighted by molar-refractivity contribution is -0.113. The summed E-state index contributed by atoms with van der Waals surface area (Å²) in [6.07, 6.45) is 0. The molecule has 0 aliphatic heterocycles. The van der Waals surface area contributed by atoms with Gasteiger partial charge in [0, 0.05) is 11.8 Å². The third-order valence-electron chi connectivity index (χ3n) is 2.90. The van der Waals surface area contributed by atoms with E-state index >= 15 is 0 Å². The van der Waals surface area contributed by atoms with E-state index in [1.807, 2.05) is 6.92 Å². The van der Waals surface area contributed by atoms with Crippen LogP contribution in [0.25, 0.3) is 11.2 Å². The van der Waals surface area contributed by atoms with Crippen LogP contribution in [0.15, 0.2) is 40.0 Å². The maximum Gasteiger partial charge on any atom is 0.258 e. The topological polar surface area (TPSA) is 68.0 Å². The second-order valence-electron chi connectivity index (χ2n) is 4.72. The SMILES string of the molecule is Cc1ccc2oc(SCC(=O)Nc3ccc(F)cc3F)nc2n1. The highest BCUT2D eigenvalue weighted by Gasteiger charge is 2.12. The van der Waals surface area contributed by atoms with Gasteiger partial charge in [-0.3, -0.25) is 4.79 Å². The van der Waals surface area contributed by atoms with Gasteiger partial charge < -0.3 is 9.73 Å². The largest absolute Gasteiger partial charge is 0.430 e. The lowest BCUT2D eigenvalue weighted by Crippen LogP contribution is -2.15. The fraction of sp³-hybridized carbons (Fsp3) is 0.133. The molecule has 0 saturated carbocycles. The zero-order valence-electron chi connectivity index (χ0n) is 12.0. The number of carbonyl (C=O) groups excluding carboxylic acids is 1. The van der Waals surface area contributed by atoms with E-state index in [0.29, 0.717) is 22.5 Å². The summed E-state index contributed by atoms with van der Waals surface area (Å²) in [6.45, 7) is 1.84. The standard InChI is InChI=1S/C15H11F2N3O2S/c1-8-2-5-12-14(18-8)20-15(22-12)23-7-13(21)19-11-4-3-9(16)6-10(11)17/h2-6H,7H2,1H3,(H,19,21). The molecule has 0 atom stereocenters. The molecule has 5 nitrogen and oxygen atoms in total. The molecule has 0 aliphatic rings. The number of anilines is 1. The zero-order chi connectivity index (χ0) is 16.4. The summed E-state index contributed by atoms with van der Waals surface area (Å²) in [6, 6.07) is 6.49. The number of aryl methyl sites for hydroxylation is 1. The van der Waals surface area contributed by atoms with Crippen molar-refractivity contribution in [3.05, 3.63) is 47.7 Å². The quantitative estimate of drug-likeness (QED) is 0.739. The number of halogens is 2. The number of rotatable bonds is 4. The van der Waals surface area contributed by atoms with Crippen LogP contribution in [0.3, 0.4) is 0 Å². The molecule has 0 spiro atoms. The normalized spacial score (nSPS) is 10.9. The van der Waals surface area contributed by atoms with Gasteiger partial charge in [-0.05, 0) is 31.2 Å². The van der Waals surface area contributed by atoms with E-state index in [1.54, 1.807) is 12.1 Å². The van der Waals surface area contributed by atoms with Crippen molar-refractivity contribution in [3.8, 4) is 0 Å². The van der Waals surface area contributed by atoms with Crippen LogP contribution >= 0.6 is 11.8 Å². The van der Waals surface area contributed by atoms with Gasteiger partial charge in [-0.1, -0.05) is 11.8 Å². The maximum atomic E-state index is 13.5. The van der Waals surface area contributed by atoms with Crippen LogP contribution in [0.4, 0.5) is 14.5 Å². The monoisotopic (exact) mass is 335 g/mol. The Bertz CT molecular complexity index is 882. The van der Waals surface area contributed by atoms with E-state index in [9.17, 15) is 13.6 Å². The predicted octanol–water partition coefficient (Wildman–Crippen LogP) is 3.54. The van der Waals surface area contributed by atoms with E-state index < -0.39 is 17.5 Å². The van der Waals surface area contributed by atoms with E-state index in [-0.39, 0.29) is 11.4 Å². The molecule has 0 bridgehead atoms. The van der Waals surface area contributed by atoms with Crippen LogP contribution in [0.5, 0.6) is 0 Å². The summed E-state index contributed by atoms with van der Waals surface area (Å²) < 4.78 is 31.7. The number of nitrogens with zero attached hydrogens (tertiary/aromatic N) is 2. The van der Waals surface area contributed by atoms with Gasteiger partial charge in [-0.15, -0.1) is 0 Å². The van der Waals surface area contributed by atoms with Gasteiger partial charge in [0.2, 0.25) is 5.91 Å². The summed E-state index contributed by atoms with van der Waals surface area (Å²) in [5.41, 5.74) is 1.74. The zero-order valence-corrected chi connectivity index (χ0v) is 12.8. The molecule has 0 unspecified atom stereocenters. The fourth-order valence-electron chi connectivity index (χ4n) is 1.86. The average molecular weight is 335 g/mol. The lowest BCUT2D eigenvalue weighted by atomic mass is 10.3. The molecule has 1 amide bonds. The lowest BCUT2D eigenvalue weighted by Gasteiger charge is -2.05. The minimum Gasteiger partial charge on any atom is -0.430 e. The number of amides is 1. The van der Waals surface area contributed by atoms with Crippen molar-refractivity contribution in [2.45, 2.75) is 12.1 Å². The summed E-state index contributed by atoms with van der Waals surface area (Å²) in [5, 5.41) is 2.66. The highest BCUT2D eigenvalue weighted by Crippen LogP contribution is 2.23. The van der Waals surface area contributed by atoms with Crippen molar-refractivity contribution in [1.82, 2.24) is 9.97 Å². The van der Waals surface area contributed by atoms with Gasteiger partial charge in [0.05, 0.1) is 11.4 Å². The number of nitrogens with one attached hydrogen (secondary N) is 1. The number of benzene rings is 1. The molecule has 23 heavy (non-hydrogen) atoms. The average Bonchev–Trinajstić information content (AvgIpc) is 2.90. The molecule has 118 valence electrons. The Hall–Kier alpha value is -2.48. The van der Waals surface area contributed by atoms with Crippen LogP contribution in [-0.4, -0.2) is 21.6 Å². The number of hydrogen-bond acceptors (Lipinski definition) is 5. The van der Waals surface area contributed by atoms with Crippen LogP contribution in [0.2, 0.25) is 0 Å². The number of thioether (sulfide) groups is 1. The van der Waals surface area contributed by atoms with Crippen molar-refractivity contribution in [3.63, 3.8) is 0 Å². The maximum absolute atomic E-state index is 13.5. The second kappa shape index (κ2) is 6.33. The number of hydrogen-bond donors (Lipinski definition) is 1. The molecule has 3 aromatic rings. The van der Waals surface area contributed by atoms with Crippen molar-refractivity contribution < 1.29 is 18.0 Å². The summed E-state index contributed by atoms with van der Waals surface area (Å²) in [5.74, 6) is -2.01. The van der Waals surface area contributed by atoms with Crippen molar-refractivity contribution >= 4 is 34.6 Å². The molecule has 3 rings (SSSR count). The minimum atomic E-state index is -0.829. The third-order valence-corrected chi connectivity index (χ3v) is 3.73. The van der Waals surface area contributed by atoms with Crippen LogP contribution < -0.4 is 5.32 Å². The van der Waals surface area contributed by atoms with Gasteiger partial charge in [0.15, 0.2) is 11.2 Å². The van der Waals surface area contributed by atoms with E-state index in [4.69, 9.17) is 4.42 Å². The molecular weight excluding hydrogens is 324 g/mol. The number of oxazole rings is 1. The number of carbonyl (C=O) groups is 1. The third kappa shape index (κ3) is 3.65. The van der Waals surface area contributed by atoms with Crippen LogP contribution in [0.1, 0.15) is 5.69 Å². The summed E-state index contributed by atoms with van der Waals surface area (Å²) in [7, 11) is 0. The van der Waals surface area contributed by atoms with E-state index in [2.05, 4.69) is 15.3 Å². The molecule has 0 fully saturated rings. The molecular formula is C15H11F2N3O2S. The minimum absolute atomic E-state index is 0.0252. The first-order valence-electron chi connectivity index (χ1n) is 6.63. The Labute approximate surface area is 134 Å². The molecule has 1 N–H and O–H groups in total. The molecule has 0 radical (unpaired) electrons. The van der Waals surface area contributed by atoms with Gasteiger partial charge in [-0.2, -0.15) is 4.98 Å². The summed E-state index contributed by atoms with van der Waals surface area (Å²) >= 11 is 1.06. The Morgan fingerprint density at radius 2 is 2.09 bits per heavy atom. The first kappa shape index (κ1) is 15.4. The first-order valence-corrected chi connectivity index (χ1v) is 7.62. The molecule has 2 heterocycles. The van der Waals surface area contributed by atoms with Gasteiger partial charge in [0.1, 0.15) is 11.6 Å². The number of fused-ring (bicyclic) bond motifs is 1. The Balaban J connectivity index is 1.63. The predicted molar refractivity (Wildman–Crippen MR) is 82.3 cm³/mol. The van der Waals surface area contributed by atoms with Gasteiger partial charge in [0.25, 0.3) is 5.22 Å². The Morgan fingerprint density at radius 1 is 1.26 bits per heavy atom. The van der Waals surface area contributed by atoms with Gasteiger partial charge >= 0.3 is 0 Å². The van der Waals surface area contributed by atoms with Crippen molar-refractivity contribution in [2.24, 2.45) is 0 Å². The van der Waals surface area contributed by atoms with Crippen molar-refractivity contribution in [2.75, 3.05) is 11.1 Å². The highest BCUT2D eigenvalue weighted by molar-refractivity contribution is 7.99. The van der Waals surface area contributed by atoms with Gasteiger partial charge in [-0.25, -0.2) is 13.8 Å². The Kier molecular flexibility index (Phi) is 4.24. The van der Waals surface area contributed by atoms with E-state index in [1.165, 1.54) is 6.07 Å². The molecule has 0 aliphatic carbocycles. The van der Waals surface area contributed by atoms with Crippen LogP contribution in [-0.2, 0) is 4.79 Å². The molecule has 8 heteroatoms. The number of aromatic nitrogens is 2. The van der Waals surface area contributed by atoms with E-state index in [0.717, 1.165) is 23.5 Å². The fourth-order valence-corrected chi connectivity index (χ4v) is 2.49. The molecule has 0 saturated heterocycles. The second-order valence-corrected chi connectivity index (χ2v) is 5.64.